The molecule has 1 unspecified atom stereocenters. The number of unbranched alkanes of at least 4 members (excludes halogenated alkanes) is 32. The molecular formula is C63H110O6. The summed E-state index contributed by atoms with van der Waals surface area (Å²) in [5.74, 6) is -0.911. The smallest absolute Gasteiger partial charge is 0.306 e. The molecular weight excluding hydrogens is 853 g/mol. The third kappa shape index (κ3) is 55.6. The maximum atomic E-state index is 12.9. The summed E-state index contributed by atoms with van der Waals surface area (Å²) in [6, 6.07) is 0. The van der Waals surface area contributed by atoms with Crippen LogP contribution in [0.3, 0.4) is 0 Å². The fourth-order valence-corrected chi connectivity index (χ4v) is 8.30. The van der Waals surface area contributed by atoms with Crippen molar-refractivity contribution in [3.8, 4) is 0 Å². The molecule has 1 atom stereocenters. The average molecular weight is 964 g/mol. The highest BCUT2D eigenvalue weighted by molar-refractivity contribution is 5.71. The number of carbonyl (C=O) groups excluding carboxylic acids is 3. The van der Waals surface area contributed by atoms with Gasteiger partial charge in [-0.15, -0.1) is 0 Å². The quantitative estimate of drug-likeness (QED) is 0.0199. The van der Waals surface area contributed by atoms with Crippen LogP contribution in [0.15, 0.2) is 72.9 Å². The van der Waals surface area contributed by atoms with E-state index in [2.05, 4.69) is 93.7 Å². The van der Waals surface area contributed by atoms with Gasteiger partial charge in [0, 0.05) is 19.3 Å². The van der Waals surface area contributed by atoms with Crippen molar-refractivity contribution < 1.29 is 28.6 Å². The van der Waals surface area contributed by atoms with Crippen molar-refractivity contribution >= 4 is 17.9 Å². The standard InChI is InChI=1S/C63H110O6/c1-4-7-10-13-16-19-22-25-28-30-32-34-35-38-41-44-47-50-53-56-62(65)68-59-60(58-67-61(64)55-52-49-46-43-40-37-27-24-21-18-15-12-9-6-3)69-63(66)57-54-51-48-45-42-39-36-33-31-29-26-23-20-17-14-11-8-5-2/h9,12,18,21,23,26,29-33,36,60H,4-8,10-11,13-17,19-20,22,24-25,27-28,34-35,37-59H2,1-3H3/b12-9-,21-18-,26-23-,31-29-,32-30-,36-33-. The van der Waals surface area contributed by atoms with E-state index in [1.165, 1.54) is 148 Å². The van der Waals surface area contributed by atoms with Crippen LogP contribution in [-0.2, 0) is 28.6 Å². The molecule has 0 saturated carbocycles. The first kappa shape index (κ1) is 65.8. The topological polar surface area (TPSA) is 78.9 Å². The Bertz CT molecular complexity index is 1290. The van der Waals surface area contributed by atoms with Crippen molar-refractivity contribution in [2.75, 3.05) is 13.2 Å². The Morgan fingerprint density at radius 2 is 0.623 bits per heavy atom. The van der Waals surface area contributed by atoms with E-state index in [1.807, 2.05) is 0 Å². The molecule has 0 bridgehead atoms. The molecule has 0 N–H and O–H groups in total. The van der Waals surface area contributed by atoms with Gasteiger partial charge in [0.2, 0.25) is 0 Å². The van der Waals surface area contributed by atoms with Gasteiger partial charge in [-0.3, -0.25) is 14.4 Å². The number of ether oxygens (including phenoxy) is 3. The minimum atomic E-state index is -0.792. The second kappa shape index (κ2) is 57.4. The Kier molecular flexibility index (Phi) is 54.8. The number of carbonyl (C=O) groups is 3. The van der Waals surface area contributed by atoms with Gasteiger partial charge in [0.1, 0.15) is 13.2 Å². The molecule has 0 aliphatic rings. The molecule has 6 nitrogen and oxygen atoms in total. The van der Waals surface area contributed by atoms with Gasteiger partial charge in [0.05, 0.1) is 0 Å². The van der Waals surface area contributed by atoms with Crippen LogP contribution in [0.5, 0.6) is 0 Å². The minimum Gasteiger partial charge on any atom is -0.462 e. The highest BCUT2D eigenvalue weighted by atomic mass is 16.6. The molecule has 0 spiro atoms. The highest BCUT2D eigenvalue weighted by Gasteiger charge is 2.19. The van der Waals surface area contributed by atoms with Crippen LogP contribution in [-0.4, -0.2) is 37.2 Å². The lowest BCUT2D eigenvalue weighted by Crippen LogP contribution is -2.30. The fourth-order valence-electron chi connectivity index (χ4n) is 8.30. The lowest BCUT2D eigenvalue weighted by Gasteiger charge is -2.18. The predicted molar refractivity (Wildman–Crippen MR) is 298 cm³/mol. The fraction of sp³-hybridized carbons (Fsp3) is 0.762. The van der Waals surface area contributed by atoms with E-state index in [9.17, 15) is 14.4 Å². The molecule has 0 amide bonds. The summed E-state index contributed by atoms with van der Waals surface area (Å²) in [4.78, 5) is 38.2. The minimum absolute atomic E-state index is 0.0881. The second-order valence-electron chi connectivity index (χ2n) is 19.6. The first-order chi connectivity index (χ1) is 34.0. The van der Waals surface area contributed by atoms with Crippen molar-refractivity contribution in [1.29, 1.82) is 0 Å². The highest BCUT2D eigenvalue weighted by Crippen LogP contribution is 2.15. The van der Waals surface area contributed by atoms with Crippen molar-refractivity contribution in [2.45, 2.75) is 297 Å². The Morgan fingerprint density at radius 3 is 1.00 bits per heavy atom. The summed E-state index contributed by atoms with van der Waals surface area (Å²) in [6.07, 6.45) is 73.2. The monoisotopic (exact) mass is 963 g/mol. The lowest BCUT2D eigenvalue weighted by atomic mass is 10.1. The zero-order chi connectivity index (χ0) is 50.0. The van der Waals surface area contributed by atoms with E-state index in [4.69, 9.17) is 14.2 Å². The van der Waals surface area contributed by atoms with Gasteiger partial charge in [0.15, 0.2) is 6.10 Å². The molecule has 0 aliphatic heterocycles. The molecule has 0 heterocycles. The number of hydrogen-bond acceptors (Lipinski definition) is 6. The van der Waals surface area contributed by atoms with Crippen LogP contribution in [0.25, 0.3) is 0 Å². The molecule has 69 heavy (non-hydrogen) atoms. The van der Waals surface area contributed by atoms with Crippen molar-refractivity contribution in [3.63, 3.8) is 0 Å². The molecule has 0 fully saturated rings. The third-order valence-corrected chi connectivity index (χ3v) is 12.7. The Balaban J connectivity index is 4.41. The summed E-state index contributed by atoms with van der Waals surface area (Å²) in [5, 5.41) is 0. The molecule has 0 aliphatic carbocycles. The first-order valence-corrected chi connectivity index (χ1v) is 29.5. The maximum absolute atomic E-state index is 12.9. The zero-order valence-corrected chi connectivity index (χ0v) is 45.6. The molecule has 0 aromatic carbocycles. The number of allylic oxidation sites excluding steroid dienone is 12. The second-order valence-corrected chi connectivity index (χ2v) is 19.6. The van der Waals surface area contributed by atoms with Gasteiger partial charge in [-0.2, -0.15) is 0 Å². The summed E-state index contributed by atoms with van der Waals surface area (Å²) in [5.41, 5.74) is 0. The number of hydrogen-bond donors (Lipinski definition) is 0. The van der Waals surface area contributed by atoms with Gasteiger partial charge in [-0.25, -0.2) is 0 Å². The zero-order valence-electron chi connectivity index (χ0n) is 45.6. The van der Waals surface area contributed by atoms with E-state index in [1.54, 1.807) is 0 Å². The molecule has 0 aromatic heterocycles. The maximum Gasteiger partial charge on any atom is 0.306 e. The van der Waals surface area contributed by atoms with E-state index in [0.717, 1.165) is 103 Å². The van der Waals surface area contributed by atoms with Crippen LogP contribution in [0.2, 0.25) is 0 Å². The van der Waals surface area contributed by atoms with Crippen LogP contribution >= 0.6 is 0 Å². The van der Waals surface area contributed by atoms with Crippen LogP contribution in [0.4, 0.5) is 0 Å². The van der Waals surface area contributed by atoms with Gasteiger partial charge >= 0.3 is 17.9 Å². The SMILES string of the molecule is CC/C=C\C/C=C\CCCCCCCCCC(=O)OCC(COC(=O)CCCCCCCCC/C=C\CCCCCCCCCC)OC(=O)CCCCCCC\C=C/C=C\C=C/CCCCCCC. The summed E-state index contributed by atoms with van der Waals surface area (Å²) in [7, 11) is 0. The summed E-state index contributed by atoms with van der Waals surface area (Å²) >= 11 is 0. The van der Waals surface area contributed by atoms with Crippen LogP contribution in [0.1, 0.15) is 290 Å². The summed E-state index contributed by atoms with van der Waals surface area (Å²) in [6.45, 7) is 6.51. The average Bonchev–Trinajstić information content (AvgIpc) is 3.35. The van der Waals surface area contributed by atoms with E-state index >= 15 is 0 Å². The first-order valence-electron chi connectivity index (χ1n) is 29.5. The predicted octanol–water partition coefficient (Wildman–Crippen LogP) is 19.8. The van der Waals surface area contributed by atoms with Crippen LogP contribution < -0.4 is 0 Å². The lowest BCUT2D eigenvalue weighted by molar-refractivity contribution is -0.167. The van der Waals surface area contributed by atoms with Gasteiger partial charge in [-0.1, -0.05) is 248 Å². The Morgan fingerprint density at radius 1 is 0.319 bits per heavy atom. The van der Waals surface area contributed by atoms with Crippen molar-refractivity contribution in [3.05, 3.63) is 72.9 Å². The molecule has 398 valence electrons. The van der Waals surface area contributed by atoms with Crippen LogP contribution in [0, 0.1) is 0 Å². The number of rotatable bonds is 53. The third-order valence-electron chi connectivity index (χ3n) is 12.7. The molecule has 0 radical (unpaired) electrons. The largest absolute Gasteiger partial charge is 0.462 e. The van der Waals surface area contributed by atoms with E-state index in [0.29, 0.717) is 19.3 Å². The van der Waals surface area contributed by atoms with E-state index in [-0.39, 0.29) is 31.1 Å². The van der Waals surface area contributed by atoms with Gasteiger partial charge in [0.25, 0.3) is 0 Å². The van der Waals surface area contributed by atoms with Gasteiger partial charge < -0.3 is 14.2 Å². The Labute approximate surface area is 427 Å². The number of esters is 3. The van der Waals surface area contributed by atoms with Crippen molar-refractivity contribution in [2.24, 2.45) is 0 Å². The van der Waals surface area contributed by atoms with E-state index < -0.39 is 6.10 Å². The Hall–Kier alpha value is -3.15. The normalized spacial score (nSPS) is 12.6. The molecule has 6 heteroatoms. The molecule has 0 saturated heterocycles. The van der Waals surface area contributed by atoms with Crippen molar-refractivity contribution in [1.82, 2.24) is 0 Å². The molecule has 0 rings (SSSR count). The van der Waals surface area contributed by atoms with Gasteiger partial charge in [-0.05, 0) is 96.3 Å². The summed E-state index contributed by atoms with van der Waals surface area (Å²) < 4.78 is 16.9. The molecule has 0 aromatic rings.